The van der Waals surface area contributed by atoms with Gasteiger partial charge in [-0.15, -0.1) is 0 Å². The van der Waals surface area contributed by atoms with Crippen molar-refractivity contribution >= 4 is 18.2 Å². The van der Waals surface area contributed by atoms with Crippen LogP contribution in [0, 0.1) is 32.6 Å². The van der Waals surface area contributed by atoms with Crippen molar-refractivity contribution < 1.29 is 67.6 Å². The number of carboxylic acid groups (broad SMARTS) is 1. The number of benzene rings is 4. The third-order valence-corrected chi connectivity index (χ3v) is 9.87. The SMILES string of the molecule is COc1cc(C)c(C(=O)Oc2cc(C)c(O)c(C(=O)O)c2C)c(O)c1C=O.c1cc2c(cc1C1OCC3C(c4ccc5c(c4)OCO5)OCC13)OCO2. The minimum Gasteiger partial charge on any atom is -0.507 e. The van der Waals surface area contributed by atoms with Crippen molar-refractivity contribution in [2.45, 2.75) is 33.0 Å². The average Bonchev–Trinajstić information content (AvgIpc) is 3.95. The number of ether oxygens (including phenoxy) is 8. The Kier molecular flexibility index (Phi) is 9.49. The number of phenolic OH excluding ortho intramolecular Hbond substituents is 1. The van der Waals surface area contributed by atoms with Crippen molar-refractivity contribution in [2.24, 2.45) is 11.8 Å². The normalized spacial score (nSPS) is 20.3. The molecule has 0 radical (unpaired) electrons. The molecule has 4 aromatic carbocycles. The first-order chi connectivity index (χ1) is 25.5. The third-order valence-electron chi connectivity index (χ3n) is 9.87. The van der Waals surface area contributed by atoms with Crippen LogP contribution in [0.2, 0.25) is 0 Å². The maximum Gasteiger partial charge on any atom is 0.347 e. The molecule has 4 aliphatic heterocycles. The second kappa shape index (κ2) is 14.2. The Labute approximate surface area is 303 Å². The van der Waals surface area contributed by atoms with E-state index in [-0.39, 0.29) is 65.1 Å². The molecule has 8 rings (SSSR count). The quantitative estimate of drug-likeness (QED) is 0.115. The van der Waals surface area contributed by atoms with Gasteiger partial charge in [0.05, 0.1) is 38.1 Å². The minimum atomic E-state index is -1.38. The molecule has 4 aromatic rings. The van der Waals surface area contributed by atoms with E-state index in [2.05, 4.69) is 12.1 Å². The molecule has 3 N–H and O–H groups in total. The molecule has 0 saturated carbocycles. The molecule has 2 saturated heterocycles. The fourth-order valence-electron chi connectivity index (χ4n) is 7.13. The number of hydrogen-bond acceptors (Lipinski definition) is 13. The molecular weight excluding hydrogens is 692 g/mol. The Bertz CT molecular complexity index is 2050. The summed E-state index contributed by atoms with van der Waals surface area (Å²) in [6.45, 7) is 6.29. The van der Waals surface area contributed by atoms with Crippen LogP contribution in [0.3, 0.4) is 0 Å². The Hall–Kier alpha value is -5.99. The van der Waals surface area contributed by atoms with Crippen molar-refractivity contribution in [3.63, 3.8) is 0 Å². The standard InChI is InChI=1S/C20H18O6.C19H18O8/c1-3-15-17(25-9-23-15)5-11(1)19-13-7-22-20(14(13)8-21-19)12-2-4-16-18(6-12)26-10-24-16;1-8-5-13(26-4)11(7-20)17(22)14(8)19(25)27-12-6-9(2)16(21)15(10(12)3)18(23)24/h1-6,13-14,19-20H,7-10H2;5-7,21-22H,1-4H3,(H,23,24). The molecule has 0 amide bonds. The fraction of sp³-hybridized carbons (Fsp3) is 0.308. The number of rotatable bonds is 7. The molecule has 0 aliphatic carbocycles. The van der Waals surface area contributed by atoms with Gasteiger partial charge in [0.15, 0.2) is 29.3 Å². The van der Waals surface area contributed by atoms with Gasteiger partial charge in [-0.1, -0.05) is 12.1 Å². The molecule has 0 aromatic heterocycles. The second-order valence-corrected chi connectivity index (χ2v) is 12.9. The number of aryl methyl sites for hydroxylation is 2. The zero-order chi connectivity index (χ0) is 37.6. The van der Waals surface area contributed by atoms with Crippen LogP contribution in [0.4, 0.5) is 0 Å². The number of fused-ring (bicyclic) bond motifs is 3. The van der Waals surface area contributed by atoms with Gasteiger partial charge >= 0.3 is 11.9 Å². The lowest BCUT2D eigenvalue weighted by atomic mass is 9.85. The number of aromatic carboxylic acids is 1. The highest BCUT2D eigenvalue weighted by Crippen LogP contribution is 2.52. The van der Waals surface area contributed by atoms with Gasteiger partial charge in [0.2, 0.25) is 13.6 Å². The molecule has 14 nitrogen and oxygen atoms in total. The Balaban J connectivity index is 0.000000164. The number of carbonyl (C=O) groups is 3. The number of aromatic hydroxyl groups is 2. The van der Waals surface area contributed by atoms with Crippen LogP contribution in [0.15, 0.2) is 48.5 Å². The molecule has 4 unspecified atom stereocenters. The van der Waals surface area contributed by atoms with E-state index in [1.54, 1.807) is 0 Å². The number of aldehydes is 1. The van der Waals surface area contributed by atoms with E-state index in [9.17, 15) is 29.7 Å². The summed E-state index contributed by atoms with van der Waals surface area (Å²) in [5, 5.41) is 29.5. The van der Waals surface area contributed by atoms with Gasteiger partial charge in [-0.2, -0.15) is 0 Å². The van der Waals surface area contributed by atoms with Crippen molar-refractivity contribution in [3.05, 3.63) is 93.0 Å². The van der Waals surface area contributed by atoms with E-state index in [1.165, 1.54) is 40.0 Å². The van der Waals surface area contributed by atoms with E-state index in [1.807, 2.05) is 24.3 Å². The van der Waals surface area contributed by atoms with Gasteiger partial charge in [-0.3, -0.25) is 4.79 Å². The van der Waals surface area contributed by atoms with Gasteiger partial charge in [0.1, 0.15) is 34.1 Å². The maximum atomic E-state index is 12.6. The average molecular weight is 729 g/mol. The third kappa shape index (κ3) is 6.40. The van der Waals surface area contributed by atoms with Crippen LogP contribution in [-0.4, -0.2) is 67.5 Å². The summed E-state index contributed by atoms with van der Waals surface area (Å²) in [6.07, 6.45) is 0.394. The van der Waals surface area contributed by atoms with E-state index in [0.717, 1.165) is 34.1 Å². The summed E-state index contributed by atoms with van der Waals surface area (Å²) in [7, 11) is 1.31. The van der Waals surface area contributed by atoms with Crippen LogP contribution in [-0.2, 0) is 9.47 Å². The number of hydrogen-bond donors (Lipinski definition) is 3. The van der Waals surface area contributed by atoms with Crippen molar-refractivity contribution in [2.75, 3.05) is 33.9 Å². The minimum absolute atomic E-state index is 0.0218. The van der Waals surface area contributed by atoms with E-state index in [4.69, 9.17) is 37.9 Å². The first kappa shape index (κ1) is 35.4. The molecule has 4 atom stereocenters. The fourth-order valence-corrected chi connectivity index (χ4v) is 7.13. The number of carboxylic acids is 1. The van der Waals surface area contributed by atoms with Crippen LogP contribution in [0.1, 0.15) is 71.1 Å². The Morgan fingerprint density at radius 1 is 0.717 bits per heavy atom. The molecule has 0 spiro atoms. The zero-order valence-corrected chi connectivity index (χ0v) is 29.2. The lowest BCUT2D eigenvalue weighted by Crippen LogP contribution is -2.14. The number of methoxy groups -OCH3 is 1. The first-order valence-corrected chi connectivity index (χ1v) is 16.7. The molecule has 2 fully saturated rings. The van der Waals surface area contributed by atoms with Gasteiger partial charge in [-0.05, 0) is 79.4 Å². The Morgan fingerprint density at radius 2 is 1.25 bits per heavy atom. The topological polar surface area (TPSA) is 186 Å². The highest BCUT2D eigenvalue weighted by Gasteiger charge is 2.48. The molecular formula is C39H36O14. The van der Waals surface area contributed by atoms with E-state index in [0.29, 0.717) is 36.9 Å². The van der Waals surface area contributed by atoms with Gasteiger partial charge in [0.25, 0.3) is 0 Å². The highest BCUT2D eigenvalue weighted by molar-refractivity contribution is 6.00. The smallest absolute Gasteiger partial charge is 0.347 e. The lowest BCUT2D eigenvalue weighted by molar-refractivity contribution is 0.0192. The summed E-state index contributed by atoms with van der Waals surface area (Å²) in [4.78, 5) is 35.2. The van der Waals surface area contributed by atoms with Crippen LogP contribution < -0.4 is 28.4 Å². The number of carbonyl (C=O) groups excluding carboxylic acids is 2. The maximum absolute atomic E-state index is 12.6. The molecule has 276 valence electrons. The predicted octanol–water partition coefficient (Wildman–Crippen LogP) is 5.98. The lowest BCUT2D eigenvalue weighted by Gasteiger charge is -2.17. The van der Waals surface area contributed by atoms with E-state index >= 15 is 0 Å². The number of esters is 1. The summed E-state index contributed by atoms with van der Waals surface area (Å²) < 4.78 is 44.4. The molecule has 14 heteroatoms. The summed E-state index contributed by atoms with van der Waals surface area (Å²) in [5.74, 6) is 0.450. The van der Waals surface area contributed by atoms with Crippen LogP contribution in [0.25, 0.3) is 0 Å². The van der Waals surface area contributed by atoms with Gasteiger partial charge in [0, 0.05) is 17.4 Å². The molecule has 4 aliphatic rings. The predicted molar refractivity (Wildman–Crippen MR) is 184 cm³/mol. The van der Waals surface area contributed by atoms with Gasteiger partial charge in [-0.25, -0.2) is 9.59 Å². The monoisotopic (exact) mass is 728 g/mol. The Morgan fingerprint density at radius 3 is 1.75 bits per heavy atom. The molecule has 4 heterocycles. The van der Waals surface area contributed by atoms with Gasteiger partial charge < -0.3 is 53.2 Å². The summed E-state index contributed by atoms with van der Waals surface area (Å²) in [5.41, 5.74) is 1.94. The highest BCUT2D eigenvalue weighted by atomic mass is 16.7. The van der Waals surface area contributed by atoms with Crippen molar-refractivity contribution in [1.29, 1.82) is 0 Å². The van der Waals surface area contributed by atoms with Crippen LogP contribution in [0.5, 0.6) is 46.0 Å². The number of phenols is 2. The largest absolute Gasteiger partial charge is 0.507 e. The van der Waals surface area contributed by atoms with Crippen molar-refractivity contribution in [1.82, 2.24) is 0 Å². The summed E-state index contributed by atoms with van der Waals surface area (Å²) in [6, 6.07) is 14.8. The first-order valence-electron chi connectivity index (χ1n) is 16.7. The molecule has 53 heavy (non-hydrogen) atoms. The molecule has 0 bridgehead atoms. The van der Waals surface area contributed by atoms with Crippen LogP contribution >= 0.6 is 0 Å². The van der Waals surface area contributed by atoms with E-state index < -0.39 is 23.4 Å². The van der Waals surface area contributed by atoms with Crippen molar-refractivity contribution in [3.8, 4) is 46.0 Å². The summed E-state index contributed by atoms with van der Waals surface area (Å²) >= 11 is 0. The zero-order valence-electron chi connectivity index (χ0n) is 29.2. The second-order valence-electron chi connectivity index (χ2n) is 12.9.